The molecule has 1 heterocycles. The molecule has 2 heteroatoms. The summed E-state index contributed by atoms with van der Waals surface area (Å²) in [5.41, 5.74) is 8.71. The van der Waals surface area contributed by atoms with Crippen LogP contribution in [0.2, 0.25) is 0 Å². The van der Waals surface area contributed by atoms with Gasteiger partial charge >= 0.3 is 0 Å². The van der Waals surface area contributed by atoms with Crippen LogP contribution in [-0.2, 0) is 0 Å². The SMILES string of the molecule is Nc1cc2oc3ccc4ccccc4c3c2c2ccccc12. The van der Waals surface area contributed by atoms with E-state index in [0.717, 1.165) is 33.0 Å². The van der Waals surface area contributed by atoms with Gasteiger partial charge in [0.15, 0.2) is 0 Å². The summed E-state index contributed by atoms with van der Waals surface area (Å²) < 4.78 is 6.07. The Kier molecular flexibility index (Phi) is 2.12. The molecule has 0 aliphatic heterocycles. The first kappa shape index (κ1) is 11.6. The first-order valence-corrected chi connectivity index (χ1v) is 7.34. The van der Waals surface area contributed by atoms with Crippen molar-refractivity contribution in [1.82, 2.24) is 0 Å². The van der Waals surface area contributed by atoms with E-state index in [-0.39, 0.29) is 0 Å². The van der Waals surface area contributed by atoms with Crippen molar-refractivity contribution in [1.29, 1.82) is 0 Å². The second-order valence-electron chi connectivity index (χ2n) is 5.65. The monoisotopic (exact) mass is 283 g/mol. The minimum atomic E-state index is 0.756. The fraction of sp³-hybridized carbons (Fsp3) is 0. The predicted molar refractivity (Wildman–Crippen MR) is 93.1 cm³/mol. The molecule has 2 nitrogen and oxygen atoms in total. The zero-order chi connectivity index (χ0) is 14.7. The molecule has 1 aromatic heterocycles. The molecule has 0 atom stereocenters. The molecule has 0 amide bonds. The second kappa shape index (κ2) is 4.01. The van der Waals surface area contributed by atoms with Crippen LogP contribution in [0, 0.1) is 0 Å². The van der Waals surface area contributed by atoms with Crippen molar-refractivity contribution < 1.29 is 4.42 Å². The molecule has 0 bridgehead atoms. The highest BCUT2D eigenvalue weighted by molar-refractivity contribution is 6.27. The van der Waals surface area contributed by atoms with Crippen LogP contribution in [0.1, 0.15) is 0 Å². The Morgan fingerprint density at radius 2 is 1.32 bits per heavy atom. The van der Waals surface area contributed by atoms with Crippen molar-refractivity contribution in [3.05, 3.63) is 66.7 Å². The van der Waals surface area contributed by atoms with E-state index in [1.165, 1.54) is 16.2 Å². The zero-order valence-electron chi connectivity index (χ0n) is 11.8. The van der Waals surface area contributed by atoms with Gasteiger partial charge in [0.05, 0.1) is 0 Å². The van der Waals surface area contributed by atoms with E-state index in [1.54, 1.807) is 0 Å². The molecule has 0 spiro atoms. The van der Waals surface area contributed by atoms with Gasteiger partial charge in [-0.15, -0.1) is 0 Å². The van der Waals surface area contributed by atoms with Crippen molar-refractivity contribution >= 4 is 49.2 Å². The Hall–Kier alpha value is -3.00. The Balaban J connectivity index is 2.18. The largest absolute Gasteiger partial charge is 0.456 e. The van der Waals surface area contributed by atoms with Crippen LogP contribution in [0.15, 0.2) is 71.1 Å². The topological polar surface area (TPSA) is 39.2 Å². The maximum atomic E-state index is 6.20. The van der Waals surface area contributed by atoms with Crippen LogP contribution in [0.3, 0.4) is 0 Å². The van der Waals surface area contributed by atoms with Gasteiger partial charge < -0.3 is 10.2 Å². The summed E-state index contributed by atoms with van der Waals surface area (Å²) >= 11 is 0. The summed E-state index contributed by atoms with van der Waals surface area (Å²) in [7, 11) is 0. The van der Waals surface area contributed by atoms with Gasteiger partial charge in [-0.2, -0.15) is 0 Å². The molecule has 22 heavy (non-hydrogen) atoms. The minimum Gasteiger partial charge on any atom is -0.456 e. The lowest BCUT2D eigenvalue weighted by atomic mass is 9.99. The zero-order valence-corrected chi connectivity index (χ0v) is 11.8. The predicted octanol–water partition coefficient (Wildman–Crippen LogP) is 5.47. The van der Waals surface area contributed by atoms with E-state index >= 15 is 0 Å². The van der Waals surface area contributed by atoms with Crippen LogP contribution >= 0.6 is 0 Å². The summed E-state index contributed by atoms with van der Waals surface area (Å²) in [5, 5.41) is 6.98. The maximum absolute atomic E-state index is 6.20. The maximum Gasteiger partial charge on any atom is 0.138 e. The number of hydrogen-bond acceptors (Lipinski definition) is 2. The van der Waals surface area contributed by atoms with Crippen molar-refractivity contribution in [2.24, 2.45) is 0 Å². The highest BCUT2D eigenvalue weighted by Gasteiger charge is 2.14. The van der Waals surface area contributed by atoms with E-state index in [0.29, 0.717) is 0 Å². The van der Waals surface area contributed by atoms with E-state index in [4.69, 9.17) is 10.2 Å². The molecule has 5 rings (SSSR count). The molecule has 0 fully saturated rings. The fourth-order valence-electron chi connectivity index (χ4n) is 3.43. The summed E-state index contributed by atoms with van der Waals surface area (Å²) in [6.07, 6.45) is 0. The molecular formula is C20H13NO. The van der Waals surface area contributed by atoms with Gasteiger partial charge in [-0.3, -0.25) is 0 Å². The lowest BCUT2D eigenvalue weighted by Crippen LogP contribution is -1.86. The van der Waals surface area contributed by atoms with Crippen LogP contribution < -0.4 is 5.73 Å². The Morgan fingerprint density at radius 3 is 2.18 bits per heavy atom. The molecular weight excluding hydrogens is 270 g/mol. The highest BCUT2D eigenvalue weighted by atomic mass is 16.3. The number of anilines is 1. The van der Waals surface area contributed by atoms with Crippen LogP contribution in [0.5, 0.6) is 0 Å². The fourth-order valence-corrected chi connectivity index (χ4v) is 3.43. The third-order valence-electron chi connectivity index (χ3n) is 4.40. The average molecular weight is 283 g/mol. The standard InChI is InChI=1S/C20H13NO/c21-16-11-18-20(15-8-4-3-7-14(15)16)19-13-6-2-1-5-12(13)9-10-17(19)22-18/h1-11H,21H2. The molecule has 0 saturated carbocycles. The van der Waals surface area contributed by atoms with Gasteiger partial charge in [0.2, 0.25) is 0 Å². The van der Waals surface area contributed by atoms with E-state index in [9.17, 15) is 0 Å². The summed E-state index contributed by atoms with van der Waals surface area (Å²) in [4.78, 5) is 0. The number of nitrogen functional groups attached to an aromatic ring is 1. The van der Waals surface area contributed by atoms with Crippen LogP contribution in [0.4, 0.5) is 5.69 Å². The second-order valence-corrected chi connectivity index (χ2v) is 5.65. The van der Waals surface area contributed by atoms with Gasteiger partial charge in [-0.05, 0) is 22.2 Å². The average Bonchev–Trinajstić information content (AvgIpc) is 2.94. The normalized spacial score (nSPS) is 11.8. The first-order chi connectivity index (χ1) is 10.8. The first-order valence-electron chi connectivity index (χ1n) is 7.34. The number of nitrogens with two attached hydrogens (primary N) is 1. The lowest BCUT2D eigenvalue weighted by Gasteiger charge is -2.04. The molecule has 0 aliphatic carbocycles. The van der Waals surface area contributed by atoms with E-state index in [2.05, 4.69) is 42.5 Å². The van der Waals surface area contributed by atoms with Crippen LogP contribution in [-0.4, -0.2) is 0 Å². The number of hydrogen-bond donors (Lipinski definition) is 1. The Morgan fingerprint density at radius 1 is 0.636 bits per heavy atom. The van der Waals surface area contributed by atoms with Gasteiger partial charge in [0.25, 0.3) is 0 Å². The smallest absolute Gasteiger partial charge is 0.138 e. The number of fused-ring (bicyclic) bond motifs is 7. The van der Waals surface area contributed by atoms with Crippen molar-refractivity contribution in [2.75, 3.05) is 5.73 Å². The van der Waals surface area contributed by atoms with Crippen LogP contribution in [0.25, 0.3) is 43.5 Å². The molecule has 0 saturated heterocycles. The summed E-state index contributed by atoms with van der Waals surface area (Å²) in [6.45, 7) is 0. The number of rotatable bonds is 0. The Bertz CT molecular complexity index is 1180. The van der Waals surface area contributed by atoms with Gasteiger partial charge in [-0.1, -0.05) is 54.6 Å². The summed E-state index contributed by atoms with van der Waals surface area (Å²) in [6, 6.07) is 22.7. The van der Waals surface area contributed by atoms with E-state index < -0.39 is 0 Å². The minimum absolute atomic E-state index is 0.756. The molecule has 4 aromatic carbocycles. The lowest BCUT2D eigenvalue weighted by molar-refractivity contribution is 0.669. The van der Waals surface area contributed by atoms with E-state index in [1.807, 2.05) is 24.3 Å². The molecule has 0 radical (unpaired) electrons. The molecule has 0 unspecified atom stereocenters. The summed E-state index contributed by atoms with van der Waals surface area (Å²) in [5.74, 6) is 0. The van der Waals surface area contributed by atoms with Crippen molar-refractivity contribution in [3.8, 4) is 0 Å². The Labute approximate surface area is 126 Å². The number of benzene rings is 4. The third-order valence-corrected chi connectivity index (χ3v) is 4.40. The van der Waals surface area contributed by atoms with Crippen molar-refractivity contribution in [3.63, 3.8) is 0 Å². The van der Waals surface area contributed by atoms with Gasteiger partial charge in [-0.25, -0.2) is 0 Å². The molecule has 0 aliphatic rings. The van der Waals surface area contributed by atoms with Crippen molar-refractivity contribution in [2.45, 2.75) is 0 Å². The number of furan rings is 1. The molecule has 5 aromatic rings. The van der Waals surface area contributed by atoms with Gasteiger partial charge in [0, 0.05) is 27.9 Å². The highest BCUT2D eigenvalue weighted by Crippen LogP contribution is 2.40. The molecule has 2 N–H and O–H groups in total. The third kappa shape index (κ3) is 1.39. The van der Waals surface area contributed by atoms with Gasteiger partial charge in [0.1, 0.15) is 11.2 Å². The quantitative estimate of drug-likeness (QED) is 0.382. The molecule has 104 valence electrons.